The molecule has 0 saturated heterocycles. The largest absolute Gasteiger partial charge is 0.390 e. The summed E-state index contributed by atoms with van der Waals surface area (Å²) in [6.07, 6.45) is -5.25. The molecule has 0 radical (unpaired) electrons. The molecule has 84 valence electrons. The molecule has 0 aromatic carbocycles. The van der Waals surface area contributed by atoms with Gasteiger partial charge in [-0.15, -0.1) is 0 Å². The van der Waals surface area contributed by atoms with E-state index in [1.54, 1.807) is 0 Å². The van der Waals surface area contributed by atoms with Gasteiger partial charge in [0.1, 0.15) is 0 Å². The van der Waals surface area contributed by atoms with Crippen LogP contribution in [0.3, 0.4) is 0 Å². The fourth-order valence-corrected chi connectivity index (χ4v) is 0.888. The van der Waals surface area contributed by atoms with Crippen molar-refractivity contribution in [3.8, 4) is 0 Å². The standard InChI is InChI=1S/C8H15F3N2O/c1-7(2,12)6(14)13(3)5-4-8(9,10)11/h4-5,12H2,1-3H3. The van der Waals surface area contributed by atoms with Crippen molar-refractivity contribution in [3.05, 3.63) is 0 Å². The Labute approximate surface area is 81.1 Å². The Morgan fingerprint density at radius 3 is 2.07 bits per heavy atom. The van der Waals surface area contributed by atoms with Crippen molar-refractivity contribution < 1.29 is 18.0 Å². The highest BCUT2D eigenvalue weighted by Gasteiger charge is 2.31. The monoisotopic (exact) mass is 212 g/mol. The van der Waals surface area contributed by atoms with Crippen LogP contribution in [0, 0.1) is 0 Å². The average Bonchev–Trinajstić information content (AvgIpc) is 1.95. The first kappa shape index (κ1) is 13.2. The molecule has 1 amide bonds. The molecule has 0 unspecified atom stereocenters. The Morgan fingerprint density at radius 1 is 1.36 bits per heavy atom. The third-order valence-electron chi connectivity index (χ3n) is 1.63. The Morgan fingerprint density at radius 2 is 1.79 bits per heavy atom. The van der Waals surface area contributed by atoms with Crippen molar-refractivity contribution in [1.82, 2.24) is 4.90 Å². The van der Waals surface area contributed by atoms with E-state index in [9.17, 15) is 18.0 Å². The number of likely N-dealkylation sites (N-methyl/N-ethyl adjacent to an activating group) is 1. The van der Waals surface area contributed by atoms with Gasteiger partial charge in [-0.1, -0.05) is 0 Å². The van der Waals surface area contributed by atoms with Crippen molar-refractivity contribution in [1.29, 1.82) is 0 Å². The van der Waals surface area contributed by atoms with Gasteiger partial charge in [-0.2, -0.15) is 13.2 Å². The van der Waals surface area contributed by atoms with Crippen molar-refractivity contribution in [2.75, 3.05) is 13.6 Å². The highest BCUT2D eigenvalue weighted by atomic mass is 19.4. The van der Waals surface area contributed by atoms with Crippen LogP contribution in [-0.4, -0.2) is 36.1 Å². The van der Waals surface area contributed by atoms with Crippen LogP contribution in [0.15, 0.2) is 0 Å². The Hall–Kier alpha value is -0.780. The molecule has 2 N–H and O–H groups in total. The Balaban J connectivity index is 4.11. The second-order valence-electron chi connectivity index (χ2n) is 3.81. The van der Waals surface area contributed by atoms with Crippen molar-refractivity contribution in [2.45, 2.75) is 32.0 Å². The molecule has 0 atom stereocenters. The van der Waals surface area contributed by atoms with Crippen LogP contribution >= 0.6 is 0 Å². The zero-order valence-electron chi connectivity index (χ0n) is 8.48. The Kier molecular flexibility index (Phi) is 3.93. The molecule has 0 heterocycles. The average molecular weight is 212 g/mol. The first-order chi connectivity index (χ1) is 6.04. The maximum absolute atomic E-state index is 11.8. The summed E-state index contributed by atoms with van der Waals surface area (Å²) in [5.41, 5.74) is 4.32. The third-order valence-corrected chi connectivity index (χ3v) is 1.63. The quantitative estimate of drug-likeness (QED) is 0.762. The lowest BCUT2D eigenvalue weighted by Gasteiger charge is -2.26. The van der Waals surface area contributed by atoms with Crippen LogP contribution in [0.4, 0.5) is 13.2 Å². The van der Waals surface area contributed by atoms with Crippen LogP contribution < -0.4 is 5.73 Å². The highest BCUT2D eigenvalue weighted by Crippen LogP contribution is 2.19. The molecule has 0 aliphatic rings. The van der Waals surface area contributed by atoms with E-state index in [-0.39, 0.29) is 6.54 Å². The molecule has 0 aromatic heterocycles. The molecule has 6 heteroatoms. The fourth-order valence-electron chi connectivity index (χ4n) is 0.888. The van der Waals surface area contributed by atoms with E-state index < -0.39 is 24.0 Å². The van der Waals surface area contributed by atoms with E-state index in [0.29, 0.717) is 0 Å². The minimum Gasteiger partial charge on any atom is -0.344 e. The maximum Gasteiger partial charge on any atom is 0.390 e. The maximum atomic E-state index is 11.8. The molecule has 0 fully saturated rings. The zero-order valence-corrected chi connectivity index (χ0v) is 8.48. The summed E-state index contributed by atoms with van der Waals surface area (Å²) in [6, 6.07) is 0. The lowest BCUT2D eigenvalue weighted by atomic mass is 10.1. The first-order valence-electron chi connectivity index (χ1n) is 4.15. The summed E-state index contributed by atoms with van der Waals surface area (Å²) in [7, 11) is 1.31. The molecule has 14 heavy (non-hydrogen) atoms. The van der Waals surface area contributed by atoms with E-state index in [4.69, 9.17) is 5.73 Å². The van der Waals surface area contributed by atoms with E-state index in [1.807, 2.05) is 0 Å². The van der Waals surface area contributed by atoms with E-state index >= 15 is 0 Å². The summed E-state index contributed by atoms with van der Waals surface area (Å²) in [5.74, 6) is -0.498. The predicted molar refractivity (Wildman–Crippen MR) is 46.6 cm³/mol. The summed E-state index contributed by atoms with van der Waals surface area (Å²) < 4.78 is 35.4. The second-order valence-corrected chi connectivity index (χ2v) is 3.81. The fraction of sp³-hybridized carbons (Fsp3) is 0.875. The van der Waals surface area contributed by atoms with Crippen molar-refractivity contribution in [2.24, 2.45) is 5.73 Å². The lowest BCUT2D eigenvalue weighted by Crippen LogP contribution is -2.50. The first-order valence-corrected chi connectivity index (χ1v) is 4.15. The zero-order chi connectivity index (χ0) is 11.6. The topological polar surface area (TPSA) is 46.3 Å². The molecule has 0 aliphatic heterocycles. The van der Waals surface area contributed by atoms with Gasteiger partial charge in [0.05, 0.1) is 12.0 Å². The van der Waals surface area contributed by atoms with Crippen LogP contribution in [0.2, 0.25) is 0 Å². The van der Waals surface area contributed by atoms with Gasteiger partial charge in [-0.3, -0.25) is 4.79 Å². The number of carbonyl (C=O) groups is 1. The number of amides is 1. The minimum absolute atomic E-state index is 0.358. The summed E-state index contributed by atoms with van der Waals surface area (Å²) in [4.78, 5) is 12.3. The van der Waals surface area contributed by atoms with Crippen molar-refractivity contribution in [3.63, 3.8) is 0 Å². The molecular weight excluding hydrogens is 197 g/mol. The number of alkyl halides is 3. The summed E-state index contributed by atoms with van der Waals surface area (Å²) in [5, 5.41) is 0. The second kappa shape index (κ2) is 4.16. The van der Waals surface area contributed by atoms with Gasteiger partial charge in [0.15, 0.2) is 0 Å². The third kappa shape index (κ3) is 5.06. The minimum atomic E-state index is -4.24. The van der Waals surface area contributed by atoms with Gasteiger partial charge in [0.25, 0.3) is 0 Å². The van der Waals surface area contributed by atoms with Gasteiger partial charge >= 0.3 is 6.18 Å². The van der Waals surface area contributed by atoms with Crippen LogP contribution in [-0.2, 0) is 4.79 Å². The van der Waals surface area contributed by atoms with Gasteiger partial charge in [0, 0.05) is 13.6 Å². The van der Waals surface area contributed by atoms with Gasteiger partial charge in [0.2, 0.25) is 5.91 Å². The van der Waals surface area contributed by atoms with Gasteiger partial charge in [-0.05, 0) is 13.8 Å². The number of nitrogens with two attached hydrogens (primary N) is 1. The number of nitrogens with zero attached hydrogens (tertiary/aromatic N) is 1. The molecule has 0 saturated carbocycles. The molecule has 3 nitrogen and oxygen atoms in total. The van der Waals surface area contributed by atoms with E-state index in [2.05, 4.69) is 0 Å². The van der Waals surface area contributed by atoms with E-state index in [1.165, 1.54) is 20.9 Å². The number of carbonyl (C=O) groups excluding carboxylic acids is 1. The number of halogens is 3. The molecule has 0 spiro atoms. The number of rotatable bonds is 3. The smallest absolute Gasteiger partial charge is 0.344 e. The van der Waals surface area contributed by atoms with Gasteiger partial charge < -0.3 is 10.6 Å². The summed E-state index contributed by atoms with van der Waals surface area (Å²) >= 11 is 0. The number of hydrogen-bond acceptors (Lipinski definition) is 2. The van der Waals surface area contributed by atoms with Crippen molar-refractivity contribution >= 4 is 5.91 Å². The molecule has 0 rings (SSSR count). The highest BCUT2D eigenvalue weighted by molar-refractivity contribution is 5.84. The van der Waals surface area contributed by atoms with Crippen LogP contribution in [0.1, 0.15) is 20.3 Å². The number of hydrogen-bond donors (Lipinski definition) is 1. The predicted octanol–water partition coefficient (Wildman–Crippen LogP) is 1.13. The molecule has 0 bridgehead atoms. The molecule has 0 aliphatic carbocycles. The SMILES string of the molecule is CN(CCC(F)(F)F)C(=O)C(C)(C)N. The van der Waals surface area contributed by atoms with Crippen LogP contribution in [0.25, 0.3) is 0 Å². The molecule has 0 aromatic rings. The van der Waals surface area contributed by atoms with Gasteiger partial charge in [-0.25, -0.2) is 0 Å². The lowest BCUT2D eigenvalue weighted by molar-refractivity contribution is -0.146. The molecular formula is C8H15F3N2O. The van der Waals surface area contributed by atoms with Crippen LogP contribution in [0.5, 0.6) is 0 Å². The normalized spacial score (nSPS) is 12.8. The summed E-state index contributed by atoms with van der Waals surface area (Å²) in [6.45, 7) is 2.56. The Bertz CT molecular complexity index is 208. The van der Waals surface area contributed by atoms with E-state index in [0.717, 1.165) is 4.90 Å².